The minimum Gasteiger partial charge on any atom is -0.495 e. The molecule has 1 aromatic heterocycles. The summed E-state index contributed by atoms with van der Waals surface area (Å²) in [4.78, 5) is 23.1. The lowest BCUT2D eigenvalue weighted by molar-refractivity contribution is -0.704. The quantitative estimate of drug-likeness (QED) is 0.434. The molecule has 2 aromatic carbocycles. The van der Waals surface area contributed by atoms with Crippen LogP contribution in [0.2, 0.25) is 0 Å². The highest BCUT2D eigenvalue weighted by molar-refractivity contribution is 5.94. The molecule has 0 aliphatic carbocycles. The number of methoxy groups -OCH3 is 1. The number of pyridine rings is 1. The second-order valence-electron chi connectivity index (χ2n) is 5.83. The third kappa shape index (κ3) is 3.46. The van der Waals surface area contributed by atoms with Gasteiger partial charge in [0.15, 0.2) is 12.4 Å². The van der Waals surface area contributed by atoms with Crippen molar-refractivity contribution in [3.8, 4) is 5.75 Å². The van der Waals surface area contributed by atoms with Crippen LogP contribution in [0, 0.1) is 10.1 Å². The monoisotopic (exact) mass is 352 g/mol. The topological polar surface area (TPSA) is 85.3 Å². The van der Waals surface area contributed by atoms with Crippen LogP contribution in [0.3, 0.4) is 0 Å². The highest BCUT2D eigenvalue weighted by atomic mass is 16.6. The number of non-ortho nitro benzene ring substituents is 1. The lowest BCUT2D eigenvalue weighted by Crippen LogP contribution is -2.44. The zero-order valence-electron chi connectivity index (χ0n) is 14.4. The Bertz CT molecular complexity index is 987. The second-order valence-corrected chi connectivity index (χ2v) is 5.83. The third-order valence-electron chi connectivity index (χ3n) is 4.19. The summed E-state index contributed by atoms with van der Waals surface area (Å²) in [5.74, 6) is 0.0590. The number of carbonyl (C=O) groups is 1. The summed E-state index contributed by atoms with van der Waals surface area (Å²) in [5.41, 5.74) is 0.145. The highest BCUT2D eigenvalue weighted by Crippen LogP contribution is 2.29. The summed E-state index contributed by atoms with van der Waals surface area (Å²) in [6, 6.07) is 13.4. The molecule has 0 fully saturated rings. The summed E-state index contributed by atoms with van der Waals surface area (Å²) >= 11 is 0. The van der Waals surface area contributed by atoms with Gasteiger partial charge in [-0.15, -0.1) is 0 Å². The van der Waals surface area contributed by atoms with E-state index in [4.69, 9.17) is 4.74 Å². The lowest BCUT2D eigenvalue weighted by atomic mass is 10.1. The maximum absolute atomic E-state index is 12.6. The molecule has 0 radical (unpaired) electrons. The first-order valence-corrected chi connectivity index (χ1v) is 8.02. The Morgan fingerprint density at radius 3 is 2.62 bits per heavy atom. The standard InChI is InChI=1S/C19H17N3O4/c1-13(21-10-9-14-5-3-4-6-15(14)12-21)19(23)20-17-11-16(22(24)25)7-8-18(17)26-2/h3-13H,1-2H3/p+1/t13-/m0/s1. The van der Waals surface area contributed by atoms with E-state index in [1.165, 1.54) is 25.3 Å². The van der Waals surface area contributed by atoms with E-state index >= 15 is 0 Å². The number of fused-ring (bicyclic) bond motifs is 1. The summed E-state index contributed by atoms with van der Waals surface area (Å²) in [6.45, 7) is 1.76. The van der Waals surface area contributed by atoms with Gasteiger partial charge in [0.05, 0.1) is 17.7 Å². The molecular formula is C19H18N3O4+. The van der Waals surface area contributed by atoms with Crippen LogP contribution in [0.5, 0.6) is 5.75 Å². The van der Waals surface area contributed by atoms with Crippen molar-refractivity contribution in [1.82, 2.24) is 0 Å². The first-order chi connectivity index (χ1) is 12.5. The van der Waals surface area contributed by atoms with Crippen LogP contribution in [0.1, 0.15) is 13.0 Å². The van der Waals surface area contributed by atoms with Crippen LogP contribution in [0.4, 0.5) is 11.4 Å². The number of amides is 1. The van der Waals surface area contributed by atoms with Crippen LogP contribution in [0.25, 0.3) is 10.8 Å². The molecule has 0 saturated heterocycles. The van der Waals surface area contributed by atoms with Gasteiger partial charge in [0.1, 0.15) is 5.75 Å². The van der Waals surface area contributed by atoms with Gasteiger partial charge >= 0.3 is 0 Å². The molecule has 0 spiro atoms. The number of nitrogens with one attached hydrogen (secondary N) is 1. The molecule has 1 heterocycles. The molecule has 0 unspecified atom stereocenters. The van der Waals surface area contributed by atoms with E-state index < -0.39 is 11.0 Å². The van der Waals surface area contributed by atoms with Crippen LogP contribution in [-0.2, 0) is 4.79 Å². The van der Waals surface area contributed by atoms with Gasteiger partial charge in [0, 0.05) is 30.5 Å². The zero-order chi connectivity index (χ0) is 18.7. The Labute approximate surface area is 150 Å². The molecule has 0 saturated carbocycles. The average Bonchev–Trinajstić information content (AvgIpc) is 2.66. The van der Waals surface area contributed by atoms with Crippen molar-refractivity contribution < 1.29 is 19.0 Å². The number of benzene rings is 2. The van der Waals surface area contributed by atoms with E-state index in [1.807, 2.05) is 42.7 Å². The summed E-state index contributed by atoms with van der Waals surface area (Å²) < 4.78 is 6.97. The molecule has 7 heteroatoms. The lowest BCUT2D eigenvalue weighted by Gasteiger charge is -2.12. The fourth-order valence-corrected chi connectivity index (χ4v) is 2.67. The number of aromatic nitrogens is 1. The third-order valence-corrected chi connectivity index (χ3v) is 4.19. The molecule has 0 aliphatic rings. The van der Waals surface area contributed by atoms with Gasteiger partial charge in [0.25, 0.3) is 11.6 Å². The first kappa shape index (κ1) is 17.3. The van der Waals surface area contributed by atoms with Crippen molar-refractivity contribution in [2.45, 2.75) is 13.0 Å². The summed E-state index contributed by atoms with van der Waals surface area (Å²) in [7, 11) is 1.44. The molecule has 0 aliphatic heterocycles. The van der Waals surface area contributed by atoms with Crippen molar-refractivity contribution in [3.05, 3.63) is 71.0 Å². The molecule has 7 nitrogen and oxygen atoms in total. The first-order valence-electron chi connectivity index (χ1n) is 8.02. The van der Waals surface area contributed by atoms with Crippen molar-refractivity contribution in [2.75, 3.05) is 12.4 Å². The Hall–Kier alpha value is -3.48. The number of nitro benzene ring substituents is 1. The Morgan fingerprint density at radius 1 is 1.19 bits per heavy atom. The highest BCUT2D eigenvalue weighted by Gasteiger charge is 2.24. The minimum absolute atomic E-state index is 0.118. The van der Waals surface area contributed by atoms with Gasteiger partial charge in [-0.1, -0.05) is 18.2 Å². The van der Waals surface area contributed by atoms with Crippen LogP contribution in [0.15, 0.2) is 60.9 Å². The minimum atomic E-state index is -0.517. The molecule has 1 atom stereocenters. The van der Waals surface area contributed by atoms with Gasteiger partial charge < -0.3 is 10.1 Å². The molecule has 1 N–H and O–H groups in total. The van der Waals surface area contributed by atoms with Gasteiger partial charge in [-0.3, -0.25) is 14.9 Å². The van der Waals surface area contributed by atoms with Gasteiger partial charge in [-0.05, 0) is 17.5 Å². The Kier molecular flexibility index (Phi) is 4.79. The number of carbonyl (C=O) groups excluding carboxylic acids is 1. The molecule has 0 bridgehead atoms. The maximum Gasteiger partial charge on any atom is 0.293 e. The average molecular weight is 352 g/mol. The number of anilines is 1. The van der Waals surface area contributed by atoms with E-state index in [0.717, 1.165) is 10.8 Å². The molecule has 132 valence electrons. The smallest absolute Gasteiger partial charge is 0.293 e. The Balaban J connectivity index is 1.86. The van der Waals surface area contributed by atoms with E-state index in [1.54, 1.807) is 11.5 Å². The normalized spacial score (nSPS) is 11.8. The summed E-state index contributed by atoms with van der Waals surface area (Å²) in [5, 5.41) is 15.8. The van der Waals surface area contributed by atoms with Crippen molar-refractivity contribution in [2.24, 2.45) is 0 Å². The van der Waals surface area contributed by atoms with Crippen LogP contribution >= 0.6 is 0 Å². The number of ether oxygens (including phenoxy) is 1. The van der Waals surface area contributed by atoms with E-state index in [-0.39, 0.29) is 17.3 Å². The molecule has 3 rings (SSSR count). The van der Waals surface area contributed by atoms with E-state index in [2.05, 4.69) is 5.32 Å². The van der Waals surface area contributed by atoms with Gasteiger partial charge in [-0.2, -0.15) is 4.57 Å². The van der Waals surface area contributed by atoms with Gasteiger partial charge in [-0.25, -0.2) is 0 Å². The number of rotatable bonds is 5. The predicted molar refractivity (Wildman–Crippen MR) is 97.1 cm³/mol. The second kappa shape index (κ2) is 7.18. The van der Waals surface area contributed by atoms with Crippen molar-refractivity contribution in [3.63, 3.8) is 0 Å². The summed E-state index contributed by atoms with van der Waals surface area (Å²) in [6.07, 6.45) is 3.72. The fraction of sp³-hybridized carbons (Fsp3) is 0.158. The van der Waals surface area contributed by atoms with Gasteiger partial charge in [0.2, 0.25) is 6.04 Å². The number of nitrogens with zero attached hydrogens (tertiary/aromatic N) is 2. The molecule has 1 amide bonds. The molecule has 26 heavy (non-hydrogen) atoms. The number of hydrogen-bond acceptors (Lipinski definition) is 4. The number of hydrogen-bond donors (Lipinski definition) is 1. The molecular weight excluding hydrogens is 334 g/mol. The fourth-order valence-electron chi connectivity index (χ4n) is 2.67. The number of nitro groups is 1. The van der Waals surface area contributed by atoms with Crippen molar-refractivity contribution >= 4 is 28.1 Å². The maximum atomic E-state index is 12.6. The predicted octanol–water partition coefficient (Wildman–Crippen LogP) is 3.24. The molecule has 3 aromatic rings. The van der Waals surface area contributed by atoms with E-state index in [9.17, 15) is 14.9 Å². The van der Waals surface area contributed by atoms with Crippen molar-refractivity contribution in [1.29, 1.82) is 0 Å². The largest absolute Gasteiger partial charge is 0.495 e. The van der Waals surface area contributed by atoms with Crippen LogP contribution in [-0.4, -0.2) is 17.9 Å². The SMILES string of the molecule is COc1ccc([N+](=O)[O-])cc1NC(=O)[C@H](C)[n+]1ccc2ccccc2c1. The Morgan fingerprint density at radius 2 is 1.92 bits per heavy atom. The zero-order valence-corrected chi connectivity index (χ0v) is 14.4. The van der Waals surface area contributed by atoms with E-state index in [0.29, 0.717) is 5.75 Å². The van der Waals surface area contributed by atoms with Crippen LogP contribution < -0.4 is 14.6 Å².